The number of alkyl halides is 2. The topological polar surface area (TPSA) is 55.8 Å². The Morgan fingerprint density at radius 3 is 2.42 bits per heavy atom. The zero-order valence-electron chi connectivity index (χ0n) is 15.8. The van der Waals surface area contributed by atoms with Gasteiger partial charge in [0.15, 0.2) is 5.78 Å². The number of nitrogens with zero attached hydrogens (tertiary/aromatic N) is 1. The van der Waals surface area contributed by atoms with Crippen LogP contribution in [0.15, 0.2) is 18.2 Å². The van der Waals surface area contributed by atoms with Gasteiger partial charge in [-0.2, -0.15) is 0 Å². The predicted molar refractivity (Wildman–Crippen MR) is 93.1 cm³/mol. The van der Waals surface area contributed by atoms with E-state index in [9.17, 15) is 18.4 Å². The number of Topliss-reactive ketones (excluding diaryl/α,β-unsaturated/α-hetero) is 1. The third kappa shape index (κ3) is 4.51. The van der Waals surface area contributed by atoms with E-state index in [4.69, 9.17) is 9.47 Å². The molecule has 26 heavy (non-hydrogen) atoms. The van der Waals surface area contributed by atoms with Gasteiger partial charge in [0.25, 0.3) is 5.92 Å². The van der Waals surface area contributed by atoms with E-state index in [0.717, 1.165) is 4.90 Å². The molecule has 1 aromatic rings. The van der Waals surface area contributed by atoms with Crippen LogP contribution in [0.5, 0.6) is 5.75 Å². The molecule has 0 saturated carbocycles. The largest absolute Gasteiger partial charge is 0.496 e. The summed E-state index contributed by atoms with van der Waals surface area (Å²) < 4.78 is 39.8. The van der Waals surface area contributed by atoms with Crippen molar-refractivity contribution in [1.29, 1.82) is 0 Å². The molecule has 0 bridgehead atoms. The van der Waals surface area contributed by atoms with E-state index in [2.05, 4.69) is 0 Å². The van der Waals surface area contributed by atoms with E-state index in [0.29, 0.717) is 11.1 Å². The first-order chi connectivity index (χ1) is 11.9. The summed E-state index contributed by atoms with van der Waals surface area (Å²) in [5.41, 5.74) is 0.00508. The Kier molecular flexibility index (Phi) is 5.58. The maximum absolute atomic E-state index is 14.7. The Morgan fingerprint density at radius 1 is 1.27 bits per heavy atom. The molecule has 1 aromatic carbocycles. The van der Waals surface area contributed by atoms with Gasteiger partial charge in [-0.25, -0.2) is 13.6 Å². The lowest BCUT2D eigenvalue weighted by Crippen LogP contribution is -2.50. The fourth-order valence-electron chi connectivity index (χ4n) is 3.05. The standard InChI is InChI=1S/C19H25F2NO4/c1-12(23)14-7-6-13(10-16(14)25-5)15-8-9-22(11-19(15,20)21)17(24)26-18(2,3)4/h6-7,10,15H,8-9,11H2,1-5H3. The van der Waals surface area contributed by atoms with Gasteiger partial charge in [0, 0.05) is 6.54 Å². The van der Waals surface area contributed by atoms with Crippen LogP contribution in [0.25, 0.3) is 0 Å². The van der Waals surface area contributed by atoms with Gasteiger partial charge in [-0.1, -0.05) is 6.07 Å². The Morgan fingerprint density at radius 2 is 1.92 bits per heavy atom. The molecule has 1 unspecified atom stereocenters. The number of amides is 1. The van der Waals surface area contributed by atoms with Crippen molar-refractivity contribution < 1.29 is 27.8 Å². The van der Waals surface area contributed by atoms with Crippen molar-refractivity contribution in [2.75, 3.05) is 20.2 Å². The number of benzene rings is 1. The number of rotatable bonds is 3. The second-order valence-corrected chi connectivity index (χ2v) is 7.52. The van der Waals surface area contributed by atoms with E-state index < -0.39 is 30.1 Å². The van der Waals surface area contributed by atoms with Crippen LogP contribution < -0.4 is 4.74 Å². The molecule has 0 radical (unpaired) electrons. The van der Waals surface area contributed by atoms with Crippen LogP contribution in [-0.2, 0) is 4.74 Å². The zero-order valence-corrected chi connectivity index (χ0v) is 15.8. The van der Waals surface area contributed by atoms with Gasteiger partial charge in [-0.3, -0.25) is 4.79 Å². The van der Waals surface area contributed by atoms with Gasteiger partial charge in [0.2, 0.25) is 0 Å². The van der Waals surface area contributed by atoms with Gasteiger partial charge in [-0.15, -0.1) is 0 Å². The molecule has 144 valence electrons. The second kappa shape index (κ2) is 7.21. The van der Waals surface area contributed by atoms with Crippen molar-refractivity contribution in [3.05, 3.63) is 29.3 Å². The molecule has 0 aromatic heterocycles. The summed E-state index contributed by atoms with van der Waals surface area (Å²) in [6, 6.07) is 4.52. The molecule has 1 atom stereocenters. The summed E-state index contributed by atoms with van der Waals surface area (Å²) in [5, 5.41) is 0. The number of hydrogen-bond donors (Lipinski definition) is 0. The van der Waals surface area contributed by atoms with E-state index in [1.165, 1.54) is 32.2 Å². The van der Waals surface area contributed by atoms with Crippen molar-refractivity contribution in [2.45, 2.75) is 51.6 Å². The molecule has 1 heterocycles. The zero-order chi connectivity index (χ0) is 19.7. The number of hydrogen-bond acceptors (Lipinski definition) is 4. The summed E-state index contributed by atoms with van der Waals surface area (Å²) in [4.78, 5) is 24.7. The number of methoxy groups -OCH3 is 1. The highest BCUT2D eigenvalue weighted by Crippen LogP contribution is 2.42. The highest BCUT2D eigenvalue weighted by Gasteiger charge is 2.47. The first-order valence-corrected chi connectivity index (χ1v) is 8.49. The molecule has 1 fully saturated rings. The van der Waals surface area contributed by atoms with Crippen molar-refractivity contribution in [1.82, 2.24) is 4.90 Å². The van der Waals surface area contributed by atoms with E-state index in [-0.39, 0.29) is 24.5 Å². The number of likely N-dealkylation sites (tertiary alicyclic amines) is 1. The van der Waals surface area contributed by atoms with E-state index in [1.54, 1.807) is 20.8 Å². The number of piperidine rings is 1. The van der Waals surface area contributed by atoms with Crippen molar-refractivity contribution in [2.24, 2.45) is 0 Å². The molecule has 1 saturated heterocycles. The molecular formula is C19H25F2NO4. The van der Waals surface area contributed by atoms with Crippen LogP contribution in [0.1, 0.15) is 56.0 Å². The van der Waals surface area contributed by atoms with Crippen molar-refractivity contribution in [3.8, 4) is 5.75 Å². The van der Waals surface area contributed by atoms with Gasteiger partial charge in [0.1, 0.15) is 11.4 Å². The van der Waals surface area contributed by atoms with Gasteiger partial charge in [0.05, 0.1) is 25.1 Å². The molecule has 7 heteroatoms. The lowest BCUT2D eigenvalue weighted by atomic mass is 9.85. The SMILES string of the molecule is COc1cc(C2CCN(C(=O)OC(C)(C)C)CC2(F)F)ccc1C(C)=O. The first-order valence-electron chi connectivity index (χ1n) is 8.49. The second-order valence-electron chi connectivity index (χ2n) is 7.52. The third-order valence-corrected chi connectivity index (χ3v) is 4.26. The molecule has 1 aliphatic rings. The van der Waals surface area contributed by atoms with Gasteiger partial charge < -0.3 is 14.4 Å². The molecule has 0 N–H and O–H groups in total. The fraction of sp³-hybridized carbons (Fsp3) is 0.579. The average molecular weight is 369 g/mol. The lowest BCUT2D eigenvalue weighted by Gasteiger charge is -2.39. The summed E-state index contributed by atoms with van der Waals surface area (Å²) >= 11 is 0. The van der Waals surface area contributed by atoms with Crippen LogP contribution >= 0.6 is 0 Å². The maximum atomic E-state index is 14.7. The highest BCUT2D eigenvalue weighted by atomic mass is 19.3. The average Bonchev–Trinajstić information content (AvgIpc) is 2.51. The molecular weight excluding hydrogens is 344 g/mol. The monoisotopic (exact) mass is 369 g/mol. The van der Waals surface area contributed by atoms with Gasteiger partial charge >= 0.3 is 6.09 Å². The van der Waals surface area contributed by atoms with Crippen LogP contribution in [0.3, 0.4) is 0 Å². The number of carbonyl (C=O) groups is 2. The third-order valence-electron chi connectivity index (χ3n) is 4.26. The first kappa shape index (κ1) is 20.1. The van der Waals surface area contributed by atoms with Crippen molar-refractivity contribution in [3.63, 3.8) is 0 Å². The Hall–Kier alpha value is -2.18. The number of ether oxygens (including phenoxy) is 2. The molecule has 1 aliphatic heterocycles. The number of ketones is 1. The van der Waals surface area contributed by atoms with Crippen LogP contribution in [0.2, 0.25) is 0 Å². The Bertz CT molecular complexity index is 697. The van der Waals surface area contributed by atoms with Gasteiger partial charge in [-0.05, 0) is 51.8 Å². The fourth-order valence-corrected chi connectivity index (χ4v) is 3.05. The van der Waals surface area contributed by atoms with E-state index in [1.807, 2.05) is 0 Å². The van der Waals surface area contributed by atoms with Crippen LogP contribution in [0, 0.1) is 0 Å². The summed E-state index contributed by atoms with van der Waals surface area (Å²) in [5.74, 6) is -4.09. The maximum Gasteiger partial charge on any atom is 0.410 e. The molecule has 2 rings (SSSR count). The van der Waals surface area contributed by atoms with Crippen LogP contribution in [-0.4, -0.2) is 48.5 Å². The molecule has 5 nitrogen and oxygen atoms in total. The molecule has 1 amide bonds. The highest BCUT2D eigenvalue weighted by molar-refractivity contribution is 5.96. The Balaban J connectivity index is 2.21. The normalized spacial score (nSPS) is 19.8. The van der Waals surface area contributed by atoms with Crippen molar-refractivity contribution >= 4 is 11.9 Å². The summed E-state index contributed by atoms with van der Waals surface area (Å²) in [6.07, 6.45) is -0.644. The summed E-state index contributed by atoms with van der Waals surface area (Å²) in [7, 11) is 1.40. The number of halogens is 2. The smallest absolute Gasteiger partial charge is 0.410 e. The predicted octanol–water partition coefficient (Wildman–Crippen LogP) is 4.26. The lowest BCUT2D eigenvalue weighted by molar-refractivity contribution is -0.0849. The van der Waals surface area contributed by atoms with Crippen LogP contribution in [0.4, 0.5) is 13.6 Å². The number of carbonyl (C=O) groups excluding carboxylic acids is 2. The minimum absolute atomic E-state index is 0.0921. The molecule has 0 aliphatic carbocycles. The quantitative estimate of drug-likeness (QED) is 0.747. The van der Waals surface area contributed by atoms with E-state index >= 15 is 0 Å². The Labute approximate surface area is 152 Å². The molecule has 0 spiro atoms. The minimum Gasteiger partial charge on any atom is -0.496 e. The minimum atomic E-state index is -3.11. The summed E-state index contributed by atoms with van der Waals surface area (Å²) in [6.45, 7) is 5.94.